The molecular weight excluding hydrogens is 346 g/mol. The third kappa shape index (κ3) is 2.99. The normalized spacial score (nSPS) is 35.7. The molecule has 1 aromatic carbocycles. The fourth-order valence-electron chi connectivity index (χ4n) is 6.01. The van der Waals surface area contributed by atoms with Crippen LogP contribution >= 0.6 is 0 Å². The van der Waals surface area contributed by atoms with Gasteiger partial charge in [-0.15, -0.1) is 0 Å². The van der Waals surface area contributed by atoms with Gasteiger partial charge in [-0.05, 0) is 73.3 Å². The van der Waals surface area contributed by atoms with Crippen LogP contribution in [0.1, 0.15) is 56.1 Å². The van der Waals surface area contributed by atoms with Crippen molar-refractivity contribution in [3.63, 3.8) is 0 Å². The average molecular weight is 375 g/mol. The first-order chi connectivity index (χ1) is 12.8. The van der Waals surface area contributed by atoms with Crippen molar-refractivity contribution in [1.29, 1.82) is 0 Å². The molecule has 2 saturated carbocycles. The van der Waals surface area contributed by atoms with E-state index in [4.69, 9.17) is 15.6 Å². The van der Waals surface area contributed by atoms with Crippen molar-refractivity contribution >= 4 is 5.97 Å². The van der Waals surface area contributed by atoms with E-state index in [2.05, 4.69) is 6.92 Å². The number of nitrogens with two attached hydrogens (primary N) is 1. The van der Waals surface area contributed by atoms with Gasteiger partial charge < -0.3 is 25.8 Å². The maximum atomic E-state index is 11.0. The van der Waals surface area contributed by atoms with Gasteiger partial charge >= 0.3 is 5.97 Å². The highest BCUT2D eigenvalue weighted by molar-refractivity contribution is 5.73. The second-order valence-corrected chi connectivity index (χ2v) is 8.83. The number of aromatic hydroxyl groups is 1. The fourth-order valence-corrected chi connectivity index (χ4v) is 6.01. The molecule has 5 N–H and O–H groups in total. The van der Waals surface area contributed by atoms with Gasteiger partial charge in [0.25, 0.3) is 0 Å². The molecule has 3 aliphatic carbocycles. The summed E-state index contributed by atoms with van der Waals surface area (Å²) in [6.45, 7) is 2.11. The number of carboxylic acid groups (broad SMARTS) is 1. The molecule has 3 aliphatic rings. The van der Waals surface area contributed by atoms with Gasteiger partial charge in [0.2, 0.25) is 0 Å². The standard InChI is InChI=1S/C21H29NO5/c1-21-7-6-14-13(15(21)4-5-18(21)24)3-2-11-8-12(23)9-17(19(11)14)27-10-16(22)20(25)26/h8-9,13-16,18,23-24H,2-7,10,22H2,1H3,(H,25,26)/t13-,14+,15+,16+,18-,21+/m1/s1. The Kier molecular flexibility index (Phi) is 4.59. The first-order valence-electron chi connectivity index (χ1n) is 9.96. The molecule has 0 spiro atoms. The van der Waals surface area contributed by atoms with E-state index in [1.54, 1.807) is 6.07 Å². The lowest BCUT2D eigenvalue weighted by atomic mass is 9.55. The predicted octanol–water partition coefficient (Wildman–Crippen LogP) is 2.40. The molecular formula is C21H29NO5. The van der Waals surface area contributed by atoms with E-state index < -0.39 is 12.0 Å². The number of aliphatic hydroxyl groups excluding tert-OH is 1. The van der Waals surface area contributed by atoms with E-state index in [0.717, 1.165) is 49.7 Å². The molecule has 27 heavy (non-hydrogen) atoms. The summed E-state index contributed by atoms with van der Waals surface area (Å²) in [7, 11) is 0. The number of benzene rings is 1. The number of aliphatic hydroxyl groups is 1. The Labute approximate surface area is 159 Å². The minimum absolute atomic E-state index is 0.00225. The Balaban J connectivity index is 1.66. The number of hydrogen-bond acceptors (Lipinski definition) is 5. The maximum Gasteiger partial charge on any atom is 0.324 e. The number of rotatable bonds is 4. The van der Waals surface area contributed by atoms with Crippen LogP contribution in [0.3, 0.4) is 0 Å². The molecule has 0 bridgehead atoms. The Morgan fingerprint density at radius 1 is 1.33 bits per heavy atom. The highest BCUT2D eigenvalue weighted by Gasteiger charge is 2.54. The highest BCUT2D eigenvalue weighted by atomic mass is 16.5. The summed E-state index contributed by atoms with van der Waals surface area (Å²) in [5, 5.41) is 29.7. The van der Waals surface area contributed by atoms with Crippen LogP contribution in [0.2, 0.25) is 0 Å². The van der Waals surface area contributed by atoms with Gasteiger partial charge in [0.05, 0.1) is 6.10 Å². The van der Waals surface area contributed by atoms with Gasteiger partial charge in [-0.2, -0.15) is 0 Å². The quantitative estimate of drug-likeness (QED) is 0.643. The summed E-state index contributed by atoms with van der Waals surface area (Å²) in [5.41, 5.74) is 7.81. The fraction of sp³-hybridized carbons (Fsp3) is 0.667. The minimum Gasteiger partial charge on any atom is -0.508 e. The van der Waals surface area contributed by atoms with Crippen LogP contribution in [-0.2, 0) is 11.2 Å². The lowest BCUT2D eigenvalue weighted by molar-refractivity contribution is -0.139. The number of carboxylic acids is 1. The summed E-state index contributed by atoms with van der Waals surface area (Å²) in [4.78, 5) is 11.0. The van der Waals surface area contributed by atoms with Crippen molar-refractivity contribution in [2.45, 2.75) is 63.5 Å². The van der Waals surface area contributed by atoms with E-state index in [0.29, 0.717) is 23.5 Å². The van der Waals surface area contributed by atoms with Crippen LogP contribution < -0.4 is 10.5 Å². The maximum absolute atomic E-state index is 11.0. The molecule has 4 rings (SSSR count). The van der Waals surface area contributed by atoms with Gasteiger partial charge in [-0.3, -0.25) is 4.79 Å². The summed E-state index contributed by atoms with van der Waals surface area (Å²) < 4.78 is 5.80. The van der Waals surface area contributed by atoms with Crippen molar-refractivity contribution in [2.24, 2.45) is 23.0 Å². The van der Waals surface area contributed by atoms with Crippen LogP contribution in [0.15, 0.2) is 12.1 Å². The van der Waals surface area contributed by atoms with Crippen LogP contribution in [0.25, 0.3) is 0 Å². The average Bonchev–Trinajstić information content (AvgIpc) is 2.93. The van der Waals surface area contributed by atoms with Crippen molar-refractivity contribution < 1.29 is 24.9 Å². The predicted molar refractivity (Wildman–Crippen MR) is 99.8 cm³/mol. The van der Waals surface area contributed by atoms with Crippen LogP contribution in [0.4, 0.5) is 0 Å². The number of aryl methyl sites for hydroxylation is 1. The highest BCUT2D eigenvalue weighted by Crippen LogP contribution is 2.62. The van der Waals surface area contributed by atoms with Gasteiger partial charge in [-0.1, -0.05) is 6.92 Å². The van der Waals surface area contributed by atoms with E-state index >= 15 is 0 Å². The Hall–Kier alpha value is -1.79. The molecule has 0 heterocycles. The zero-order valence-corrected chi connectivity index (χ0v) is 15.7. The van der Waals surface area contributed by atoms with Gasteiger partial charge in [0.15, 0.2) is 0 Å². The van der Waals surface area contributed by atoms with Crippen molar-refractivity contribution in [1.82, 2.24) is 0 Å². The van der Waals surface area contributed by atoms with Crippen molar-refractivity contribution in [3.8, 4) is 11.5 Å². The number of carbonyl (C=O) groups is 1. The second kappa shape index (κ2) is 6.67. The Morgan fingerprint density at radius 2 is 2.11 bits per heavy atom. The van der Waals surface area contributed by atoms with Crippen molar-refractivity contribution in [2.75, 3.05) is 6.61 Å². The first-order valence-corrected chi connectivity index (χ1v) is 9.96. The lowest BCUT2D eigenvalue weighted by Crippen LogP contribution is -2.44. The molecule has 0 aliphatic heterocycles. The first kappa shape index (κ1) is 18.6. The summed E-state index contributed by atoms with van der Waals surface area (Å²) >= 11 is 0. The number of hydrogen-bond donors (Lipinski definition) is 4. The molecule has 0 amide bonds. The Bertz CT molecular complexity index is 750. The van der Waals surface area contributed by atoms with Crippen LogP contribution in [0, 0.1) is 17.3 Å². The zero-order valence-electron chi connectivity index (χ0n) is 15.7. The number of phenols is 1. The smallest absolute Gasteiger partial charge is 0.324 e. The summed E-state index contributed by atoms with van der Waals surface area (Å²) in [5.74, 6) is 0.932. The number of phenolic OH excluding ortho intramolecular Hbond substituents is 1. The monoisotopic (exact) mass is 375 g/mol. The van der Waals surface area contributed by atoms with E-state index in [1.165, 1.54) is 0 Å². The summed E-state index contributed by atoms with van der Waals surface area (Å²) in [6, 6.07) is 2.31. The molecule has 0 unspecified atom stereocenters. The third-order valence-corrected chi connectivity index (χ3v) is 7.45. The Morgan fingerprint density at radius 3 is 2.85 bits per heavy atom. The van der Waals surface area contributed by atoms with Gasteiger partial charge in [0.1, 0.15) is 24.1 Å². The topological polar surface area (TPSA) is 113 Å². The number of aliphatic carboxylic acids is 1. The van der Waals surface area contributed by atoms with Gasteiger partial charge in [0, 0.05) is 11.6 Å². The molecule has 0 aromatic heterocycles. The van der Waals surface area contributed by atoms with Crippen LogP contribution in [0.5, 0.6) is 11.5 Å². The minimum atomic E-state index is -1.10. The molecule has 2 fully saturated rings. The van der Waals surface area contributed by atoms with E-state index in [9.17, 15) is 15.0 Å². The molecule has 6 heteroatoms. The van der Waals surface area contributed by atoms with Crippen LogP contribution in [-0.4, -0.2) is 40.0 Å². The molecule has 6 nitrogen and oxygen atoms in total. The largest absolute Gasteiger partial charge is 0.508 e. The number of ether oxygens (including phenoxy) is 1. The summed E-state index contributed by atoms with van der Waals surface area (Å²) in [6.07, 6.45) is 5.61. The second-order valence-electron chi connectivity index (χ2n) is 8.83. The molecule has 0 saturated heterocycles. The van der Waals surface area contributed by atoms with Crippen molar-refractivity contribution in [3.05, 3.63) is 23.3 Å². The lowest BCUT2D eigenvalue weighted by Gasteiger charge is -2.50. The molecule has 6 atom stereocenters. The van der Waals surface area contributed by atoms with E-state index in [1.807, 2.05) is 6.07 Å². The zero-order chi connectivity index (χ0) is 19.3. The third-order valence-electron chi connectivity index (χ3n) is 7.45. The SMILES string of the molecule is C[C@]12CC[C@@H]3c4c(cc(O)cc4OC[C@H](N)C(=O)O)CC[C@H]3[C@@H]1CC[C@H]2O. The molecule has 0 radical (unpaired) electrons. The van der Waals surface area contributed by atoms with E-state index in [-0.39, 0.29) is 23.9 Å². The molecule has 148 valence electrons. The number of fused-ring (bicyclic) bond motifs is 5. The van der Waals surface area contributed by atoms with Gasteiger partial charge in [-0.25, -0.2) is 0 Å². The molecule has 1 aromatic rings.